The Kier molecular flexibility index (Phi) is 3.72. The maximum Gasteiger partial charge on any atom is 0.229 e. The summed E-state index contributed by atoms with van der Waals surface area (Å²) in [6.07, 6.45) is 5.29. The van der Waals surface area contributed by atoms with E-state index in [4.69, 9.17) is 9.26 Å². The van der Waals surface area contributed by atoms with E-state index >= 15 is 0 Å². The van der Waals surface area contributed by atoms with E-state index in [0.29, 0.717) is 17.8 Å². The molecule has 3 rings (SSSR count). The number of benzene rings is 1. The number of nitrogens with zero attached hydrogens (tertiary/aromatic N) is 2. The third-order valence-corrected chi connectivity index (χ3v) is 3.65. The van der Waals surface area contributed by atoms with Crippen LogP contribution in [0.1, 0.15) is 51.3 Å². The molecule has 1 saturated carbocycles. The van der Waals surface area contributed by atoms with Crippen LogP contribution in [0.15, 0.2) is 28.8 Å². The quantitative estimate of drug-likeness (QED) is 0.837. The lowest BCUT2D eigenvalue weighted by Gasteiger charge is -2.12. The molecular formula is C16H20N2O2. The van der Waals surface area contributed by atoms with Crippen molar-refractivity contribution in [3.63, 3.8) is 0 Å². The molecule has 1 aromatic heterocycles. The summed E-state index contributed by atoms with van der Waals surface area (Å²) < 4.78 is 11.2. The monoisotopic (exact) mass is 272 g/mol. The standard InChI is InChI=1S/C16H20N2O2/c1-11(2)16-17-15(18-20-16)12-7-9-14(10-8-12)19-13-5-3-4-6-13/h7-11,13H,3-6H2,1-2H3. The molecule has 1 aliphatic carbocycles. The average molecular weight is 272 g/mol. The second-order valence-electron chi connectivity index (χ2n) is 5.66. The Morgan fingerprint density at radius 3 is 2.45 bits per heavy atom. The van der Waals surface area contributed by atoms with Crippen molar-refractivity contribution in [1.82, 2.24) is 10.1 Å². The number of ether oxygens (including phenoxy) is 1. The molecule has 0 aliphatic heterocycles. The van der Waals surface area contributed by atoms with Gasteiger partial charge in [-0.15, -0.1) is 0 Å². The summed E-state index contributed by atoms with van der Waals surface area (Å²) in [5.41, 5.74) is 0.958. The largest absolute Gasteiger partial charge is 0.490 e. The lowest BCUT2D eigenvalue weighted by atomic mass is 10.2. The van der Waals surface area contributed by atoms with Crippen molar-refractivity contribution in [1.29, 1.82) is 0 Å². The zero-order valence-corrected chi connectivity index (χ0v) is 12.0. The van der Waals surface area contributed by atoms with Gasteiger partial charge in [0.1, 0.15) is 5.75 Å². The smallest absolute Gasteiger partial charge is 0.229 e. The molecule has 0 radical (unpaired) electrons. The van der Waals surface area contributed by atoms with Gasteiger partial charge < -0.3 is 9.26 Å². The predicted molar refractivity (Wildman–Crippen MR) is 76.7 cm³/mol. The van der Waals surface area contributed by atoms with Gasteiger partial charge in [-0.2, -0.15) is 4.98 Å². The van der Waals surface area contributed by atoms with Crippen LogP contribution in [-0.2, 0) is 0 Å². The first-order valence-corrected chi connectivity index (χ1v) is 7.33. The van der Waals surface area contributed by atoms with Crippen molar-refractivity contribution in [2.45, 2.75) is 51.6 Å². The Bertz CT molecular complexity index is 554. The van der Waals surface area contributed by atoms with Gasteiger partial charge in [-0.1, -0.05) is 19.0 Å². The van der Waals surface area contributed by atoms with Gasteiger partial charge in [-0.25, -0.2) is 0 Å². The fourth-order valence-corrected chi connectivity index (χ4v) is 2.47. The predicted octanol–water partition coefficient (Wildman–Crippen LogP) is 4.18. The molecule has 2 aromatic rings. The molecular weight excluding hydrogens is 252 g/mol. The Morgan fingerprint density at radius 2 is 1.85 bits per heavy atom. The van der Waals surface area contributed by atoms with E-state index in [0.717, 1.165) is 11.3 Å². The summed E-state index contributed by atoms with van der Waals surface area (Å²) in [5.74, 6) is 2.49. The van der Waals surface area contributed by atoms with Crippen molar-refractivity contribution in [2.24, 2.45) is 0 Å². The molecule has 106 valence electrons. The second-order valence-corrected chi connectivity index (χ2v) is 5.66. The summed E-state index contributed by atoms with van der Waals surface area (Å²) in [7, 11) is 0. The molecule has 0 bridgehead atoms. The minimum atomic E-state index is 0.251. The van der Waals surface area contributed by atoms with E-state index in [1.165, 1.54) is 25.7 Å². The molecule has 1 fully saturated rings. The van der Waals surface area contributed by atoms with Crippen LogP contribution >= 0.6 is 0 Å². The zero-order valence-electron chi connectivity index (χ0n) is 12.0. The van der Waals surface area contributed by atoms with Crippen LogP contribution in [0.5, 0.6) is 5.75 Å². The van der Waals surface area contributed by atoms with Crippen molar-refractivity contribution >= 4 is 0 Å². The number of aromatic nitrogens is 2. The molecule has 0 spiro atoms. The van der Waals surface area contributed by atoms with Crippen molar-refractivity contribution < 1.29 is 9.26 Å². The van der Waals surface area contributed by atoms with Crippen LogP contribution in [0, 0.1) is 0 Å². The Balaban J connectivity index is 1.71. The maximum atomic E-state index is 5.95. The normalized spacial score (nSPS) is 15.9. The Labute approximate surface area is 119 Å². The topological polar surface area (TPSA) is 48.2 Å². The highest BCUT2D eigenvalue weighted by Gasteiger charge is 2.16. The lowest BCUT2D eigenvalue weighted by molar-refractivity contribution is 0.210. The van der Waals surface area contributed by atoms with Crippen LogP contribution in [0.3, 0.4) is 0 Å². The summed E-state index contributed by atoms with van der Waals surface area (Å²) in [4.78, 5) is 4.39. The van der Waals surface area contributed by atoms with Crippen LogP contribution in [0.25, 0.3) is 11.4 Å². The first kappa shape index (κ1) is 13.2. The summed E-state index contributed by atoms with van der Waals surface area (Å²) in [6, 6.07) is 7.94. The first-order chi connectivity index (χ1) is 9.72. The van der Waals surface area contributed by atoms with E-state index in [1.54, 1.807) is 0 Å². The minimum Gasteiger partial charge on any atom is -0.490 e. The third kappa shape index (κ3) is 2.84. The Morgan fingerprint density at radius 1 is 1.15 bits per heavy atom. The van der Waals surface area contributed by atoms with Crippen LogP contribution in [0.4, 0.5) is 0 Å². The van der Waals surface area contributed by atoms with Gasteiger partial charge in [0.2, 0.25) is 11.7 Å². The van der Waals surface area contributed by atoms with E-state index in [1.807, 2.05) is 38.1 Å². The van der Waals surface area contributed by atoms with Gasteiger partial charge in [0.15, 0.2) is 0 Å². The van der Waals surface area contributed by atoms with E-state index in [2.05, 4.69) is 10.1 Å². The second kappa shape index (κ2) is 5.65. The molecule has 0 unspecified atom stereocenters. The van der Waals surface area contributed by atoms with Gasteiger partial charge in [0.05, 0.1) is 6.10 Å². The minimum absolute atomic E-state index is 0.251. The summed E-state index contributed by atoms with van der Waals surface area (Å²) in [5, 5.41) is 4.01. The van der Waals surface area contributed by atoms with E-state index in [9.17, 15) is 0 Å². The summed E-state index contributed by atoms with van der Waals surface area (Å²) in [6.45, 7) is 4.08. The maximum absolute atomic E-state index is 5.95. The molecule has 4 nitrogen and oxygen atoms in total. The molecule has 1 aromatic carbocycles. The number of hydrogen-bond acceptors (Lipinski definition) is 4. The zero-order chi connectivity index (χ0) is 13.9. The van der Waals surface area contributed by atoms with Gasteiger partial charge in [0.25, 0.3) is 0 Å². The molecule has 4 heteroatoms. The van der Waals surface area contributed by atoms with Gasteiger partial charge in [0, 0.05) is 11.5 Å². The third-order valence-electron chi connectivity index (χ3n) is 3.65. The molecule has 0 amide bonds. The highest BCUT2D eigenvalue weighted by molar-refractivity contribution is 5.55. The van der Waals surface area contributed by atoms with Crippen LogP contribution < -0.4 is 4.74 Å². The number of rotatable bonds is 4. The van der Waals surface area contributed by atoms with E-state index < -0.39 is 0 Å². The first-order valence-electron chi connectivity index (χ1n) is 7.33. The van der Waals surface area contributed by atoms with Gasteiger partial charge in [-0.05, 0) is 49.9 Å². The molecule has 20 heavy (non-hydrogen) atoms. The highest BCUT2D eigenvalue weighted by Crippen LogP contribution is 2.26. The molecule has 1 aliphatic rings. The van der Waals surface area contributed by atoms with E-state index in [-0.39, 0.29) is 5.92 Å². The van der Waals surface area contributed by atoms with Gasteiger partial charge >= 0.3 is 0 Å². The van der Waals surface area contributed by atoms with Crippen LogP contribution in [0.2, 0.25) is 0 Å². The van der Waals surface area contributed by atoms with Crippen molar-refractivity contribution in [3.8, 4) is 17.1 Å². The van der Waals surface area contributed by atoms with Crippen molar-refractivity contribution in [2.75, 3.05) is 0 Å². The fourth-order valence-electron chi connectivity index (χ4n) is 2.47. The molecule has 0 N–H and O–H groups in total. The Hall–Kier alpha value is -1.84. The highest BCUT2D eigenvalue weighted by atomic mass is 16.5. The lowest BCUT2D eigenvalue weighted by Crippen LogP contribution is -2.10. The molecule has 1 heterocycles. The summed E-state index contributed by atoms with van der Waals surface area (Å²) >= 11 is 0. The average Bonchev–Trinajstić information content (AvgIpc) is 3.10. The van der Waals surface area contributed by atoms with Crippen molar-refractivity contribution in [3.05, 3.63) is 30.2 Å². The molecule has 0 saturated heterocycles. The SMILES string of the molecule is CC(C)c1nc(-c2ccc(OC3CCCC3)cc2)no1. The van der Waals surface area contributed by atoms with Crippen LogP contribution in [-0.4, -0.2) is 16.2 Å². The fraction of sp³-hybridized carbons (Fsp3) is 0.500. The molecule has 0 atom stereocenters. The van der Waals surface area contributed by atoms with Gasteiger partial charge in [-0.3, -0.25) is 0 Å². The number of hydrogen-bond donors (Lipinski definition) is 0.